The van der Waals surface area contributed by atoms with Crippen molar-refractivity contribution in [1.82, 2.24) is 15.1 Å². The molecule has 0 bridgehead atoms. The number of rotatable bonds is 2. The molecule has 0 aromatic heterocycles. The van der Waals surface area contributed by atoms with Crippen LogP contribution in [-0.2, 0) is 9.59 Å². The molecule has 2 rings (SSSR count). The molecule has 108 valence electrons. The highest BCUT2D eigenvalue weighted by Gasteiger charge is 2.43. The van der Waals surface area contributed by atoms with Gasteiger partial charge in [-0.15, -0.1) is 0 Å². The summed E-state index contributed by atoms with van der Waals surface area (Å²) in [5.74, 6) is 2.21. The van der Waals surface area contributed by atoms with Crippen molar-refractivity contribution >= 4 is 23.6 Å². The Kier molecular flexibility index (Phi) is 4.40. The normalized spacial score (nSPS) is 27.5. The van der Waals surface area contributed by atoms with Crippen molar-refractivity contribution in [2.75, 3.05) is 38.2 Å². The highest BCUT2D eigenvalue weighted by atomic mass is 32.2. The van der Waals surface area contributed by atoms with Gasteiger partial charge in [0.2, 0.25) is 11.8 Å². The number of carbonyl (C=O) groups excluding carboxylic acids is 2. The van der Waals surface area contributed by atoms with Crippen LogP contribution in [0.4, 0.5) is 0 Å². The van der Waals surface area contributed by atoms with Gasteiger partial charge < -0.3 is 15.1 Å². The van der Waals surface area contributed by atoms with Gasteiger partial charge >= 0.3 is 0 Å². The summed E-state index contributed by atoms with van der Waals surface area (Å²) in [6, 6.07) is 0.247. The van der Waals surface area contributed by atoms with Crippen LogP contribution in [0.25, 0.3) is 0 Å². The zero-order valence-electron chi connectivity index (χ0n) is 11.9. The van der Waals surface area contributed by atoms with E-state index in [2.05, 4.69) is 5.32 Å². The molecule has 2 amide bonds. The van der Waals surface area contributed by atoms with Crippen LogP contribution in [0.5, 0.6) is 0 Å². The summed E-state index contributed by atoms with van der Waals surface area (Å²) in [5.41, 5.74) is -0.716. The van der Waals surface area contributed by atoms with Crippen molar-refractivity contribution in [3.63, 3.8) is 0 Å². The molecule has 0 radical (unpaired) electrons. The summed E-state index contributed by atoms with van der Waals surface area (Å²) in [5, 5.41) is 3.37. The molecule has 2 saturated heterocycles. The maximum absolute atomic E-state index is 12.4. The predicted octanol–water partition coefficient (Wildman–Crippen LogP) is 0.161. The van der Waals surface area contributed by atoms with E-state index in [9.17, 15) is 9.59 Å². The van der Waals surface area contributed by atoms with Crippen LogP contribution in [0.2, 0.25) is 0 Å². The van der Waals surface area contributed by atoms with Gasteiger partial charge in [-0.2, -0.15) is 11.8 Å². The van der Waals surface area contributed by atoms with Crippen LogP contribution in [0.1, 0.15) is 20.3 Å². The van der Waals surface area contributed by atoms with Crippen molar-refractivity contribution in [2.45, 2.75) is 31.8 Å². The molecular formula is C13H23N3O2S. The Bertz CT molecular complexity index is 367. The lowest BCUT2D eigenvalue weighted by atomic mass is 9.96. The van der Waals surface area contributed by atoms with Gasteiger partial charge in [0.15, 0.2) is 0 Å². The third kappa shape index (κ3) is 3.05. The van der Waals surface area contributed by atoms with E-state index in [-0.39, 0.29) is 17.9 Å². The topological polar surface area (TPSA) is 52.6 Å². The highest BCUT2D eigenvalue weighted by molar-refractivity contribution is 7.99. The van der Waals surface area contributed by atoms with Gasteiger partial charge in [0.05, 0.1) is 0 Å². The summed E-state index contributed by atoms with van der Waals surface area (Å²) >= 11 is 1.88. The molecule has 5 nitrogen and oxygen atoms in total. The Labute approximate surface area is 119 Å². The van der Waals surface area contributed by atoms with E-state index in [1.165, 1.54) is 0 Å². The van der Waals surface area contributed by atoms with Gasteiger partial charge in [0.25, 0.3) is 0 Å². The van der Waals surface area contributed by atoms with Gasteiger partial charge in [0, 0.05) is 50.7 Å². The van der Waals surface area contributed by atoms with E-state index in [0.29, 0.717) is 19.5 Å². The fourth-order valence-electron chi connectivity index (χ4n) is 2.72. The number of thioether (sulfide) groups is 1. The van der Waals surface area contributed by atoms with Gasteiger partial charge in [-0.05, 0) is 13.8 Å². The minimum Gasteiger partial charge on any atom is -0.342 e. The summed E-state index contributed by atoms with van der Waals surface area (Å²) in [6.07, 6.45) is 0.493. The first kappa shape index (κ1) is 14.7. The molecule has 0 saturated carbocycles. The lowest BCUT2D eigenvalue weighted by Crippen LogP contribution is -2.64. The number of piperazine rings is 1. The van der Waals surface area contributed by atoms with Crippen molar-refractivity contribution in [1.29, 1.82) is 0 Å². The van der Waals surface area contributed by atoms with Crippen molar-refractivity contribution in [2.24, 2.45) is 0 Å². The largest absolute Gasteiger partial charge is 0.342 e. The summed E-state index contributed by atoms with van der Waals surface area (Å²) in [6.45, 7) is 5.90. The Morgan fingerprint density at radius 1 is 1.47 bits per heavy atom. The van der Waals surface area contributed by atoms with Crippen LogP contribution >= 0.6 is 11.8 Å². The SMILES string of the molecule is CN1CCN(C(=O)CC2CSCCN2)C(C)(C)C1=O. The van der Waals surface area contributed by atoms with E-state index in [0.717, 1.165) is 18.1 Å². The second kappa shape index (κ2) is 5.71. The fraction of sp³-hybridized carbons (Fsp3) is 0.846. The first-order chi connectivity index (χ1) is 8.93. The Hall–Kier alpha value is -0.750. The van der Waals surface area contributed by atoms with Crippen LogP contribution in [-0.4, -0.2) is 71.4 Å². The van der Waals surface area contributed by atoms with Gasteiger partial charge in [0.1, 0.15) is 5.54 Å². The number of nitrogens with zero attached hydrogens (tertiary/aromatic N) is 2. The maximum atomic E-state index is 12.4. The Balaban J connectivity index is 1.99. The van der Waals surface area contributed by atoms with E-state index in [1.807, 2.05) is 25.6 Å². The van der Waals surface area contributed by atoms with Gasteiger partial charge in [-0.1, -0.05) is 0 Å². The molecule has 1 unspecified atom stereocenters. The van der Waals surface area contributed by atoms with Crippen molar-refractivity contribution < 1.29 is 9.59 Å². The molecule has 6 heteroatoms. The molecule has 0 spiro atoms. The minimum atomic E-state index is -0.716. The van der Waals surface area contributed by atoms with Crippen molar-refractivity contribution in [3.05, 3.63) is 0 Å². The Morgan fingerprint density at radius 3 is 2.84 bits per heavy atom. The first-order valence-corrected chi connectivity index (χ1v) is 7.95. The maximum Gasteiger partial charge on any atom is 0.247 e. The van der Waals surface area contributed by atoms with E-state index < -0.39 is 5.54 Å². The molecule has 0 aliphatic carbocycles. The third-order valence-electron chi connectivity index (χ3n) is 3.92. The lowest BCUT2D eigenvalue weighted by Gasteiger charge is -2.45. The van der Waals surface area contributed by atoms with Crippen LogP contribution in [0.3, 0.4) is 0 Å². The molecule has 2 fully saturated rings. The molecule has 1 N–H and O–H groups in total. The number of carbonyl (C=O) groups is 2. The quantitative estimate of drug-likeness (QED) is 0.785. The summed E-state index contributed by atoms with van der Waals surface area (Å²) in [7, 11) is 1.80. The average molecular weight is 285 g/mol. The monoisotopic (exact) mass is 285 g/mol. The molecule has 19 heavy (non-hydrogen) atoms. The number of hydrogen-bond donors (Lipinski definition) is 1. The highest BCUT2D eigenvalue weighted by Crippen LogP contribution is 2.23. The van der Waals surface area contributed by atoms with Crippen LogP contribution in [0, 0.1) is 0 Å². The van der Waals surface area contributed by atoms with Gasteiger partial charge in [-0.3, -0.25) is 9.59 Å². The zero-order valence-corrected chi connectivity index (χ0v) is 12.8. The minimum absolute atomic E-state index is 0.0260. The average Bonchev–Trinajstić information content (AvgIpc) is 2.37. The molecule has 0 aromatic rings. The molecular weight excluding hydrogens is 262 g/mol. The smallest absolute Gasteiger partial charge is 0.247 e. The molecule has 2 aliphatic heterocycles. The van der Waals surface area contributed by atoms with Gasteiger partial charge in [-0.25, -0.2) is 0 Å². The molecule has 2 aliphatic rings. The standard InChI is InChI=1S/C13H23N3O2S/c1-13(2)12(18)15(3)5-6-16(13)11(17)8-10-9-19-7-4-14-10/h10,14H,4-9H2,1-3H3. The third-order valence-corrected chi connectivity index (χ3v) is 5.06. The van der Waals surface area contributed by atoms with E-state index in [4.69, 9.17) is 0 Å². The second-order valence-electron chi connectivity index (χ2n) is 5.76. The first-order valence-electron chi connectivity index (χ1n) is 6.80. The number of hydrogen-bond acceptors (Lipinski definition) is 4. The predicted molar refractivity (Wildman–Crippen MR) is 77.2 cm³/mol. The van der Waals surface area contributed by atoms with Crippen LogP contribution < -0.4 is 5.32 Å². The number of amides is 2. The second-order valence-corrected chi connectivity index (χ2v) is 6.91. The number of likely N-dealkylation sites (N-methyl/N-ethyl adjacent to an activating group) is 1. The number of nitrogens with one attached hydrogen (secondary N) is 1. The molecule has 1 atom stereocenters. The molecule has 2 heterocycles. The Morgan fingerprint density at radius 2 is 2.21 bits per heavy atom. The fourth-order valence-corrected chi connectivity index (χ4v) is 3.67. The molecule has 0 aromatic carbocycles. The zero-order chi connectivity index (χ0) is 14.0. The summed E-state index contributed by atoms with van der Waals surface area (Å²) in [4.78, 5) is 28.1. The van der Waals surface area contributed by atoms with E-state index in [1.54, 1.807) is 16.8 Å². The lowest BCUT2D eigenvalue weighted by molar-refractivity contribution is -0.157. The summed E-state index contributed by atoms with van der Waals surface area (Å²) < 4.78 is 0. The van der Waals surface area contributed by atoms with E-state index >= 15 is 0 Å². The van der Waals surface area contributed by atoms with Crippen LogP contribution in [0.15, 0.2) is 0 Å². The van der Waals surface area contributed by atoms with Crippen molar-refractivity contribution in [3.8, 4) is 0 Å².